The molecule has 1 amide bonds. The van der Waals surface area contributed by atoms with Crippen molar-refractivity contribution in [3.8, 4) is 0 Å². The summed E-state index contributed by atoms with van der Waals surface area (Å²) in [5.41, 5.74) is 12.4. The van der Waals surface area contributed by atoms with E-state index in [0.29, 0.717) is 12.8 Å². The van der Waals surface area contributed by atoms with Gasteiger partial charge >= 0.3 is 0 Å². The quantitative estimate of drug-likeness (QED) is 0.0276. The van der Waals surface area contributed by atoms with E-state index in [1.807, 2.05) is 0 Å². The van der Waals surface area contributed by atoms with Crippen molar-refractivity contribution < 1.29 is 29.6 Å². The van der Waals surface area contributed by atoms with Gasteiger partial charge in [0.05, 0.1) is 19.3 Å². The fourth-order valence-corrected chi connectivity index (χ4v) is 7.06. The van der Waals surface area contributed by atoms with Crippen molar-refractivity contribution in [2.24, 2.45) is 17.4 Å². The smallest absolute Gasteiger partial charge is 0.225 e. The molecule has 288 valence electrons. The van der Waals surface area contributed by atoms with Gasteiger partial charge in [0.15, 0.2) is 5.78 Å². The minimum Gasteiger partial charge on any atom is -0.394 e. The maximum Gasteiger partial charge on any atom is 0.225 e. The van der Waals surface area contributed by atoms with Gasteiger partial charge in [0.2, 0.25) is 11.8 Å². The SMILES string of the molecule is CCCCCCCC/C=C\CCCCCCCC(=O)N(CCCCCCCCCCCCCC)[C@]1(N)O[C@H](CO)[C@@H](O)[C@H](O)[C@H]1C(=O)CN. The molecule has 0 spiro atoms. The standard InChI is InChI=1S/C40H77N3O6/c1-3-5-7-9-11-13-15-17-18-19-20-22-24-26-28-30-36(46)43(31-29-27-25-23-21-16-14-12-10-8-6-4-2)40(42)37(34(45)32-41)39(48)38(47)35(33-44)49-40/h17-18,35,37-39,44,47-48H,3-16,19-33,41-42H2,1-2H3/b18-17-/t35-,37-,38-,39-,40+/m1/s1. The number of hydrogen-bond acceptors (Lipinski definition) is 8. The number of unbranched alkanes of at least 4 members (excludes halogenated alkanes) is 22. The predicted octanol–water partition coefficient (Wildman–Crippen LogP) is 7.42. The first-order valence-electron chi connectivity index (χ1n) is 20.4. The Bertz CT molecular complexity index is 858. The van der Waals surface area contributed by atoms with Crippen LogP contribution >= 0.6 is 0 Å². The third-order valence-electron chi connectivity index (χ3n) is 10.2. The molecule has 5 atom stereocenters. The lowest BCUT2D eigenvalue weighted by Gasteiger charge is -2.52. The number of nitrogens with two attached hydrogens (primary N) is 2. The van der Waals surface area contributed by atoms with Crippen molar-refractivity contribution in [1.29, 1.82) is 0 Å². The lowest BCUT2D eigenvalue weighted by atomic mass is 9.82. The monoisotopic (exact) mass is 696 g/mol. The minimum atomic E-state index is -2.01. The number of aliphatic hydroxyl groups excluding tert-OH is 3. The molecule has 1 fully saturated rings. The zero-order valence-electron chi connectivity index (χ0n) is 31.6. The van der Waals surface area contributed by atoms with Crippen LogP contribution in [-0.2, 0) is 14.3 Å². The normalized spacial score (nSPS) is 22.6. The molecule has 0 aromatic rings. The fourth-order valence-electron chi connectivity index (χ4n) is 7.06. The van der Waals surface area contributed by atoms with E-state index in [-0.39, 0.29) is 18.9 Å². The van der Waals surface area contributed by atoms with Crippen molar-refractivity contribution in [2.45, 2.75) is 205 Å². The third-order valence-corrected chi connectivity index (χ3v) is 10.2. The summed E-state index contributed by atoms with van der Waals surface area (Å²) in [6.07, 6.45) is 29.6. The average Bonchev–Trinajstić information content (AvgIpc) is 3.09. The summed E-state index contributed by atoms with van der Waals surface area (Å²) in [5, 5.41) is 31.4. The number of Topliss-reactive ketones (excluding diaryl/α,β-unsaturated/α-hetero) is 1. The van der Waals surface area contributed by atoms with E-state index in [9.17, 15) is 24.9 Å². The highest BCUT2D eigenvalue weighted by Gasteiger charge is 2.58. The van der Waals surface area contributed by atoms with E-state index in [1.54, 1.807) is 0 Å². The number of nitrogens with zero attached hydrogens (tertiary/aromatic N) is 1. The Balaban J connectivity index is 2.63. The summed E-state index contributed by atoms with van der Waals surface area (Å²) in [6.45, 7) is 3.71. The molecule has 0 bridgehead atoms. The summed E-state index contributed by atoms with van der Waals surface area (Å²) in [7, 11) is 0. The molecule has 0 unspecified atom stereocenters. The average molecular weight is 696 g/mol. The number of carbonyl (C=O) groups is 2. The Morgan fingerprint density at radius 1 is 0.673 bits per heavy atom. The van der Waals surface area contributed by atoms with E-state index < -0.39 is 49.0 Å². The number of allylic oxidation sites excluding steroid dienone is 2. The molecule has 0 aliphatic carbocycles. The van der Waals surface area contributed by atoms with Crippen LogP contribution in [0.1, 0.15) is 181 Å². The second-order valence-electron chi connectivity index (χ2n) is 14.5. The molecule has 1 rings (SSSR count). The number of hydrogen-bond donors (Lipinski definition) is 5. The topological polar surface area (TPSA) is 159 Å². The van der Waals surface area contributed by atoms with E-state index in [0.717, 1.165) is 51.4 Å². The van der Waals surface area contributed by atoms with Crippen LogP contribution in [0.2, 0.25) is 0 Å². The molecule has 7 N–H and O–H groups in total. The van der Waals surface area contributed by atoms with Crippen LogP contribution in [0.15, 0.2) is 12.2 Å². The van der Waals surface area contributed by atoms with Gasteiger partial charge in [0.1, 0.15) is 18.1 Å². The molecule has 1 heterocycles. The summed E-state index contributed by atoms with van der Waals surface area (Å²) in [5.74, 6) is -4.29. The summed E-state index contributed by atoms with van der Waals surface area (Å²) in [6, 6.07) is 0. The molecule has 9 heteroatoms. The first kappa shape index (κ1) is 45.7. The highest BCUT2D eigenvalue weighted by Crippen LogP contribution is 2.36. The van der Waals surface area contributed by atoms with Crippen molar-refractivity contribution in [2.75, 3.05) is 19.7 Å². The van der Waals surface area contributed by atoms with Crippen molar-refractivity contribution in [3.05, 3.63) is 12.2 Å². The molecular weight excluding hydrogens is 618 g/mol. The van der Waals surface area contributed by atoms with E-state index in [2.05, 4.69) is 26.0 Å². The Morgan fingerprint density at radius 2 is 1.10 bits per heavy atom. The second kappa shape index (κ2) is 29.2. The number of amides is 1. The van der Waals surface area contributed by atoms with E-state index in [4.69, 9.17) is 16.2 Å². The highest BCUT2D eigenvalue weighted by atomic mass is 16.6. The first-order valence-corrected chi connectivity index (χ1v) is 20.4. The zero-order chi connectivity index (χ0) is 36.2. The van der Waals surface area contributed by atoms with E-state index >= 15 is 0 Å². The number of rotatable bonds is 32. The van der Waals surface area contributed by atoms with Crippen LogP contribution in [0.3, 0.4) is 0 Å². The van der Waals surface area contributed by atoms with Crippen molar-refractivity contribution in [1.82, 2.24) is 4.90 Å². The lowest BCUT2D eigenvalue weighted by molar-refractivity contribution is -0.291. The van der Waals surface area contributed by atoms with Crippen molar-refractivity contribution >= 4 is 11.7 Å². The van der Waals surface area contributed by atoms with Crippen LogP contribution in [0.5, 0.6) is 0 Å². The molecule has 0 aromatic carbocycles. The third kappa shape index (κ3) is 18.6. The van der Waals surface area contributed by atoms with Gasteiger partial charge in [-0.3, -0.25) is 15.3 Å². The molecule has 1 aliphatic heterocycles. The number of carbonyl (C=O) groups excluding carboxylic acids is 2. The minimum absolute atomic E-state index is 0.241. The van der Waals surface area contributed by atoms with Gasteiger partial charge in [-0.1, -0.05) is 148 Å². The van der Waals surface area contributed by atoms with Gasteiger partial charge in [0, 0.05) is 13.0 Å². The van der Waals surface area contributed by atoms with Gasteiger partial charge in [-0.25, -0.2) is 0 Å². The molecule has 49 heavy (non-hydrogen) atoms. The van der Waals surface area contributed by atoms with E-state index in [1.165, 1.54) is 101 Å². The Morgan fingerprint density at radius 3 is 1.55 bits per heavy atom. The van der Waals surface area contributed by atoms with Gasteiger partial charge < -0.3 is 30.7 Å². The Labute approximate surface area is 300 Å². The van der Waals surface area contributed by atoms with Crippen LogP contribution in [0, 0.1) is 5.92 Å². The molecular formula is C40H77N3O6. The largest absolute Gasteiger partial charge is 0.394 e. The molecule has 0 radical (unpaired) electrons. The second-order valence-corrected chi connectivity index (χ2v) is 14.5. The Hall–Kier alpha value is -1.36. The van der Waals surface area contributed by atoms with Crippen LogP contribution in [-0.4, -0.2) is 75.8 Å². The highest BCUT2D eigenvalue weighted by molar-refractivity contribution is 5.86. The maximum atomic E-state index is 13.8. The van der Waals surface area contributed by atoms with Crippen molar-refractivity contribution in [3.63, 3.8) is 0 Å². The molecule has 1 saturated heterocycles. The molecule has 0 saturated carbocycles. The summed E-state index contributed by atoms with van der Waals surface area (Å²) < 4.78 is 5.95. The summed E-state index contributed by atoms with van der Waals surface area (Å²) >= 11 is 0. The molecule has 0 aromatic heterocycles. The maximum absolute atomic E-state index is 13.8. The van der Waals surface area contributed by atoms with Gasteiger partial charge in [0.25, 0.3) is 0 Å². The number of aliphatic hydroxyl groups is 3. The Kier molecular flexibility index (Phi) is 27.2. The van der Waals surface area contributed by atoms with Crippen LogP contribution < -0.4 is 11.5 Å². The summed E-state index contributed by atoms with van der Waals surface area (Å²) in [4.78, 5) is 28.1. The fraction of sp³-hybridized carbons (Fsp3) is 0.900. The first-order chi connectivity index (χ1) is 23.8. The number of ether oxygens (including phenoxy) is 1. The zero-order valence-corrected chi connectivity index (χ0v) is 31.6. The predicted molar refractivity (Wildman–Crippen MR) is 201 cm³/mol. The van der Waals surface area contributed by atoms with Gasteiger partial charge in [-0.2, -0.15) is 0 Å². The number of ketones is 1. The van der Waals surface area contributed by atoms with Crippen LogP contribution in [0.25, 0.3) is 0 Å². The molecule has 1 aliphatic rings. The van der Waals surface area contributed by atoms with Crippen LogP contribution in [0.4, 0.5) is 0 Å². The lowest BCUT2D eigenvalue weighted by Crippen LogP contribution is -2.75. The van der Waals surface area contributed by atoms with Gasteiger partial charge in [-0.15, -0.1) is 0 Å². The van der Waals surface area contributed by atoms with Gasteiger partial charge in [-0.05, 0) is 38.5 Å². The molecule has 9 nitrogen and oxygen atoms in total.